The Balaban J connectivity index is 2.12. The first kappa shape index (κ1) is 15.8. The van der Waals surface area contributed by atoms with Crippen molar-refractivity contribution in [3.8, 4) is 0 Å². The summed E-state index contributed by atoms with van der Waals surface area (Å²) in [6.07, 6.45) is 6.45. The van der Waals surface area contributed by atoms with E-state index in [1.165, 1.54) is 49.1 Å². The van der Waals surface area contributed by atoms with E-state index in [0.29, 0.717) is 0 Å². The van der Waals surface area contributed by atoms with Crippen LogP contribution in [0.1, 0.15) is 37.7 Å². The monoisotopic (exact) mass is 305 g/mol. The summed E-state index contributed by atoms with van der Waals surface area (Å²) < 4.78 is 0. The molecule has 1 aromatic carbocycles. The highest BCUT2D eigenvalue weighted by molar-refractivity contribution is 8.29. The van der Waals surface area contributed by atoms with E-state index in [4.69, 9.17) is 4.99 Å². The average molecular weight is 306 g/mol. The summed E-state index contributed by atoms with van der Waals surface area (Å²) in [5.41, 5.74) is 3.88. The summed E-state index contributed by atoms with van der Waals surface area (Å²) in [6.45, 7) is 9.53. The van der Waals surface area contributed by atoms with Crippen LogP contribution < -0.4 is 0 Å². The molecular weight excluding hydrogens is 278 g/mol. The number of para-hydroxylation sites is 1. The Morgan fingerprint density at radius 1 is 1.15 bits per heavy atom. The molecule has 1 nitrogen and oxygen atoms in total. The maximum atomic E-state index is 4.98. The Morgan fingerprint density at radius 3 is 2.60 bits per heavy atom. The maximum Gasteiger partial charge on any atom is 0.108 e. The Morgan fingerprint density at radius 2 is 1.90 bits per heavy atom. The fraction of sp³-hybridized carbons (Fsp3) is 0.588. The topological polar surface area (TPSA) is 12.4 Å². The van der Waals surface area contributed by atoms with Crippen LogP contribution in [0.15, 0.2) is 29.3 Å². The molecule has 1 aliphatic carbocycles. The van der Waals surface area contributed by atoms with Crippen molar-refractivity contribution < 1.29 is 0 Å². The molecule has 0 aromatic heterocycles. The van der Waals surface area contributed by atoms with E-state index in [1.807, 2.05) is 0 Å². The molecule has 1 saturated carbocycles. The largest absolute Gasteiger partial charge is 0.258 e. The second-order valence-electron chi connectivity index (χ2n) is 6.77. The Hall–Kier alpha value is -0.543. The van der Waals surface area contributed by atoms with Gasteiger partial charge in [0.15, 0.2) is 0 Å². The van der Waals surface area contributed by atoms with Gasteiger partial charge in [-0.3, -0.25) is 4.99 Å². The van der Waals surface area contributed by atoms with Gasteiger partial charge in [-0.2, -0.15) is 11.2 Å². The summed E-state index contributed by atoms with van der Waals surface area (Å²) in [6, 6.07) is 8.49. The third-order valence-electron chi connectivity index (χ3n) is 3.62. The predicted molar refractivity (Wildman–Crippen MR) is 96.1 cm³/mol. The number of aryl methyl sites for hydroxylation is 1. The Labute approximate surface area is 128 Å². The Bertz CT molecular complexity index is 476. The Kier molecular flexibility index (Phi) is 5.50. The lowest BCUT2D eigenvalue weighted by molar-refractivity contribution is 0.714. The van der Waals surface area contributed by atoms with Crippen LogP contribution >= 0.6 is 11.2 Å². The van der Waals surface area contributed by atoms with Gasteiger partial charge in [0.2, 0.25) is 0 Å². The van der Waals surface area contributed by atoms with Crippen LogP contribution in [-0.2, 0) is 0 Å². The van der Waals surface area contributed by atoms with Crippen molar-refractivity contribution in [2.45, 2.75) is 63.9 Å². The van der Waals surface area contributed by atoms with Gasteiger partial charge in [-0.1, -0.05) is 44.3 Å². The van der Waals surface area contributed by atoms with Gasteiger partial charge in [-0.25, -0.2) is 0 Å². The van der Waals surface area contributed by atoms with E-state index in [2.05, 4.69) is 62.0 Å². The molecule has 1 unspecified atom stereocenters. The van der Waals surface area contributed by atoms with Crippen LogP contribution in [-0.4, -0.2) is 18.2 Å². The number of hydrogen-bond donors (Lipinski definition) is 0. The maximum absolute atomic E-state index is 4.98. The van der Waals surface area contributed by atoms with Crippen LogP contribution in [0.5, 0.6) is 0 Å². The van der Waals surface area contributed by atoms with Gasteiger partial charge in [0.25, 0.3) is 0 Å². The van der Waals surface area contributed by atoms with Crippen LogP contribution in [0.3, 0.4) is 0 Å². The lowest BCUT2D eigenvalue weighted by atomic mass is 10.1. The van der Waals surface area contributed by atoms with Crippen molar-refractivity contribution in [2.24, 2.45) is 4.99 Å². The molecule has 0 radical (unpaired) electrons. The second-order valence-corrected chi connectivity index (χ2v) is 16.3. The summed E-state index contributed by atoms with van der Waals surface area (Å²) in [4.78, 5) is 4.98. The smallest absolute Gasteiger partial charge is 0.108 e. The molecule has 1 aliphatic rings. The number of nitrogens with zero attached hydrogens (tertiary/aromatic N) is 1. The minimum atomic E-state index is -1.04. The zero-order valence-corrected chi connectivity index (χ0v) is 15.1. The minimum Gasteiger partial charge on any atom is -0.258 e. The van der Waals surface area contributed by atoms with Gasteiger partial charge in [0.05, 0.1) is 5.69 Å². The third kappa shape index (κ3) is 5.10. The van der Waals surface area contributed by atoms with E-state index in [1.54, 1.807) is 0 Å². The van der Waals surface area contributed by atoms with Crippen LogP contribution in [0.4, 0.5) is 5.69 Å². The van der Waals surface area contributed by atoms with E-state index in [9.17, 15) is 0 Å². The fourth-order valence-corrected chi connectivity index (χ4v) is 7.89. The standard InChI is InChI=1S/C17H27NSSi/c1-14-9-5-8-12-17(14)18-15-10-6-7-11-16(13-15)19-20(2,3)4/h5,8-9,12,16H,6-7,10-11,13H2,1-4H3/b18-15+. The first-order valence-corrected chi connectivity index (χ1v) is 12.8. The van der Waals surface area contributed by atoms with Gasteiger partial charge in [-0.05, 0) is 44.2 Å². The molecule has 1 fully saturated rings. The van der Waals surface area contributed by atoms with Gasteiger partial charge >= 0.3 is 0 Å². The predicted octanol–water partition coefficient (Wildman–Crippen LogP) is 5.97. The zero-order valence-electron chi connectivity index (χ0n) is 13.3. The van der Waals surface area contributed by atoms with Gasteiger partial charge in [0, 0.05) is 11.0 Å². The number of hydrogen-bond acceptors (Lipinski definition) is 2. The molecule has 0 heterocycles. The van der Waals surface area contributed by atoms with Crippen molar-refractivity contribution in [1.82, 2.24) is 0 Å². The molecule has 1 atom stereocenters. The highest BCUT2D eigenvalue weighted by Crippen LogP contribution is 2.33. The van der Waals surface area contributed by atoms with Gasteiger partial charge < -0.3 is 0 Å². The number of benzene rings is 1. The van der Waals surface area contributed by atoms with Crippen LogP contribution in [0.25, 0.3) is 0 Å². The normalized spacial score (nSPS) is 22.8. The molecule has 0 amide bonds. The highest BCUT2D eigenvalue weighted by atomic mass is 32.4. The first-order valence-electron chi connectivity index (χ1n) is 7.74. The third-order valence-corrected chi connectivity index (χ3v) is 8.18. The van der Waals surface area contributed by atoms with Crippen molar-refractivity contribution in [1.29, 1.82) is 0 Å². The molecule has 110 valence electrons. The molecule has 3 heteroatoms. The number of aliphatic imine (C=N–C) groups is 1. The zero-order chi connectivity index (χ0) is 14.6. The van der Waals surface area contributed by atoms with Crippen molar-refractivity contribution in [2.75, 3.05) is 0 Å². The van der Waals surface area contributed by atoms with E-state index in [-0.39, 0.29) is 0 Å². The summed E-state index contributed by atoms with van der Waals surface area (Å²) in [5, 5.41) is 0.798. The van der Waals surface area contributed by atoms with Crippen LogP contribution in [0, 0.1) is 6.92 Å². The lowest BCUT2D eigenvalue weighted by Crippen LogP contribution is -2.21. The molecule has 1 aromatic rings. The lowest BCUT2D eigenvalue weighted by Gasteiger charge is -2.23. The second kappa shape index (κ2) is 6.95. The molecule has 0 spiro atoms. The highest BCUT2D eigenvalue weighted by Gasteiger charge is 2.24. The molecule has 20 heavy (non-hydrogen) atoms. The molecular formula is C17H27NSSi. The average Bonchev–Trinajstić information content (AvgIpc) is 2.55. The van der Waals surface area contributed by atoms with E-state index < -0.39 is 7.22 Å². The fourth-order valence-electron chi connectivity index (χ4n) is 2.73. The minimum absolute atomic E-state index is 0.798. The van der Waals surface area contributed by atoms with Crippen LogP contribution in [0.2, 0.25) is 19.6 Å². The SMILES string of the molecule is Cc1ccccc1/N=C1\CCCCC(S[Si](C)(C)C)C1. The number of rotatable bonds is 3. The molecule has 0 aliphatic heterocycles. The van der Waals surface area contributed by atoms with E-state index in [0.717, 1.165) is 5.25 Å². The molecule has 2 rings (SSSR count). The summed E-state index contributed by atoms with van der Waals surface area (Å²) >= 11 is 2.27. The van der Waals surface area contributed by atoms with E-state index >= 15 is 0 Å². The van der Waals surface area contributed by atoms with Gasteiger partial charge in [-0.15, -0.1) is 0 Å². The molecule has 0 saturated heterocycles. The molecule has 0 N–H and O–H groups in total. The quantitative estimate of drug-likeness (QED) is 0.495. The summed E-state index contributed by atoms with van der Waals surface area (Å²) in [7, 11) is -1.04. The van der Waals surface area contributed by atoms with Crippen molar-refractivity contribution in [3.05, 3.63) is 29.8 Å². The summed E-state index contributed by atoms with van der Waals surface area (Å²) in [5.74, 6) is 0. The van der Waals surface area contributed by atoms with Gasteiger partial charge in [0.1, 0.15) is 7.22 Å². The first-order chi connectivity index (χ1) is 9.44. The van der Waals surface area contributed by atoms with Crippen molar-refractivity contribution in [3.63, 3.8) is 0 Å². The molecule has 0 bridgehead atoms. The van der Waals surface area contributed by atoms with Crippen molar-refractivity contribution >= 4 is 29.8 Å².